The van der Waals surface area contributed by atoms with Gasteiger partial charge in [0.25, 0.3) is 0 Å². The number of ether oxygens (including phenoxy) is 2. The van der Waals surface area contributed by atoms with Crippen LogP contribution in [0.5, 0.6) is 11.5 Å². The van der Waals surface area contributed by atoms with Gasteiger partial charge in [-0.1, -0.05) is 41.4 Å². The summed E-state index contributed by atoms with van der Waals surface area (Å²) in [5.41, 5.74) is 8.82. The van der Waals surface area contributed by atoms with Crippen molar-refractivity contribution < 1.29 is 9.47 Å². The second-order valence-electron chi connectivity index (χ2n) is 4.59. The van der Waals surface area contributed by atoms with Crippen LogP contribution in [0.1, 0.15) is 16.7 Å². The Hall–Kier alpha value is -1.71. The van der Waals surface area contributed by atoms with Crippen LogP contribution < -0.4 is 15.2 Å². The van der Waals surface area contributed by atoms with Crippen LogP contribution in [0.2, 0.25) is 5.02 Å². The molecule has 0 heterocycles. The van der Waals surface area contributed by atoms with Crippen LogP contribution in [0.15, 0.2) is 36.4 Å². The summed E-state index contributed by atoms with van der Waals surface area (Å²) < 4.78 is 11.1. The maximum absolute atomic E-state index is 6.23. The van der Waals surface area contributed by atoms with Crippen molar-refractivity contribution >= 4 is 11.6 Å². The molecule has 2 rings (SSSR count). The summed E-state index contributed by atoms with van der Waals surface area (Å²) in [4.78, 5) is 0. The Kier molecular flexibility index (Phi) is 4.88. The van der Waals surface area contributed by atoms with Gasteiger partial charge in [-0.2, -0.15) is 0 Å². The largest absolute Gasteiger partial charge is 0.493 e. The molecule has 20 heavy (non-hydrogen) atoms. The van der Waals surface area contributed by atoms with Gasteiger partial charge in [-0.3, -0.25) is 0 Å². The van der Waals surface area contributed by atoms with Gasteiger partial charge in [0.05, 0.1) is 12.1 Å². The normalized spacial score (nSPS) is 10.4. The summed E-state index contributed by atoms with van der Waals surface area (Å²) >= 11 is 6.23. The summed E-state index contributed by atoms with van der Waals surface area (Å²) in [6, 6.07) is 11.8. The third kappa shape index (κ3) is 3.44. The van der Waals surface area contributed by atoms with Crippen LogP contribution in [0.25, 0.3) is 0 Å². The van der Waals surface area contributed by atoms with E-state index in [0.29, 0.717) is 29.7 Å². The Labute approximate surface area is 124 Å². The average Bonchev–Trinajstić information content (AvgIpc) is 2.45. The van der Waals surface area contributed by atoms with E-state index in [-0.39, 0.29) is 0 Å². The van der Waals surface area contributed by atoms with Crippen molar-refractivity contribution in [2.45, 2.75) is 20.1 Å². The first-order chi connectivity index (χ1) is 9.63. The summed E-state index contributed by atoms with van der Waals surface area (Å²) in [7, 11) is 1.59. The molecule has 0 radical (unpaired) electrons. The van der Waals surface area contributed by atoms with Crippen molar-refractivity contribution in [2.24, 2.45) is 5.73 Å². The SMILES string of the molecule is COc1cc(CN)cc(Cl)c1OCc1cccc(C)c1. The summed E-state index contributed by atoms with van der Waals surface area (Å²) in [5, 5.41) is 0.512. The van der Waals surface area contributed by atoms with E-state index in [0.717, 1.165) is 11.1 Å². The zero-order chi connectivity index (χ0) is 14.5. The van der Waals surface area contributed by atoms with Crippen molar-refractivity contribution in [3.05, 3.63) is 58.1 Å². The molecule has 0 saturated heterocycles. The van der Waals surface area contributed by atoms with Gasteiger partial charge in [0.2, 0.25) is 0 Å². The molecule has 0 bridgehead atoms. The van der Waals surface area contributed by atoms with E-state index in [2.05, 4.69) is 6.07 Å². The molecule has 2 aromatic carbocycles. The molecule has 0 spiro atoms. The molecule has 0 amide bonds. The van der Waals surface area contributed by atoms with Crippen LogP contribution >= 0.6 is 11.6 Å². The molecule has 0 aliphatic rings. The highest BCUT2D eigenvalue weighted by Gasteiger charge is 2.11. The Balaban J connectivity index is 2.20. The summed E-state index contributed by atoms with van der Waals surface area (Å²) in [6.07, 6.45) is 0. The van der Waals surface area contributed by atoms with Gasteiger partial charge in [0, 0.05) is 6.54 Å². The molecule has 0 atom stereocenters. The molecule has 2 N–H and O–H groups in total. The van der Waals surface area contributed by atoms with E-state index in [9.17, 15) is 0 Å². The predicted octanol–water partition coefficient (Wildman–Crippen LogP) is 3.69. The van der Waals surface area contributed by atoms with Crippen molar-refractivity contribution in [3.63, 3.8) is 0 Å². The lowest BCUT2D eigenvalue weighted by molar-refractivity contribution is 0.284. The molecular formula is C16H18ClNO2. The second kappa shape index (κ2) is 6.64. The molecule has 0 aliphatic carbocycles. The van der Waals surface area contributed by atoms with E-state index < -0.39 is 0 Å². The summed E-state index contributed by atoms with van der Waals surface area (Å²) in [6.45, 7) is 2.90. The first-order valence-corrected chi connectivity index (χ1v) is 6.76. The van der Waals surface area contributed by atoms with Crippen LogP contribution in [-0.4, -0.2) is 7.11 Å². The Morgan fingerprint density at radius 2 is 1.95 bits per heavy atom. The molecule has 4 heteroatoms. The molecule has 2 aromatic rings. The van der Waals surface area contributed by atoms with Gasteiger partial charge in [-0.05, 0) is 30.2 Å². The number of aryl methyl sites for hydroxylation is 1. The summed E-state index contributed by atoms with van der Waals surface area (Å²) in [5.74, 6) is 1.15. The Morgan fingerprint density at radius 1 is 1.15 bits per heavy atom. The van der Waals surface area contributed by atoms with Gasteiger partial charge in [0.15, 0.2) is 11.5 Å². The van der Waals surface area contributed by atoms with Crippen molar-refractivity contribution in [1.29, 1.82) is 0 Å². The molecule has 0 aliphatic heterocycles. The minimum atomic E-state index is 0.411. The van der Waals surface area contributed by atoms with E-state index in [1.807, 2.05) is 31.2 Å². The number of nitrogens with two attached hydrogens (primary N) is 1. The predicted molar refractivity (Wildman–Crippen MR) is 81.4 cm³/mol. The van der Waals surface area contributed by atoms with E-state index in [1.54, 1.807) is 13.2 Å². The average molecular weight is 292 g/mol. The highest BCUT2D eigenvalue weighted by Crippen LogP contribution is 2.36. The monoisotopic (exact) mass is 291 g/mol. The Morgan fingerprint density at radius 3 is 2.60 bits per heavy atom. The fourth-order valence-corrected chi connectivity index (χ4v) is 2.28. The quantitative estimate of drug-likeness (QED) is 0.913. The number of hydrogen-bond donors (Lipinski definition) is 1. The highest BCUT2D eigenvalue weighted by atomic mass is 35.5. The molecular weight excluding hydrogens is 274 g/mol. The van der Waals surface area contributed by atoms with Crippen LogP contribution in [0, 0.1) is 6.92 Å². The van der Waals surface area contributed by atoms with Crippen molar-refractivity contribution in [3.8, 4) is 11.5 Å². The van der Waals surface area contributed by atoms with Gasteiger partial charge >= 0.3 is 0 Å². The minimum Gasteiger partial charge on any atom is -0.493 e. The Bertz CT molecular complexity index is 599. The third-order valence-electron chi connectivity index (χ3n) is 2.99. The first-order valence-electron chi connectivity index (χ1n) is 6.39. The highest BCUT2D eigenvalue weighted by molar-refractivity contribution is 6.32. The van der Waals surface area contributed by atoms with E-state index in [4.69, 9.17) is 26.8 Å². The number of halogens is 1. The molecule has 3 nitrogen and oxygen atoms in total. The standard InChI is InChI=1S/C16H18ClNO2/c1-11-4-3-5-12(6-11)10-20-16-14(17)7-13(9-18)8-15(16)19-2/h3-8H,9-10,18H2,1-2H3. The third-order valence-corrected chi connectivity index (χ3v) is 3.27. The fourth-order valence-electron chi connectivity index (χ4n) is 1.99. The molecule has 0 fully saturated rings. The smallest absolute Gasteiger partial charge is 0.180 e. The number of rotatable bonds is 5. The maximum atomic E-state index is 6.23. The zero-order valence-corrected chi connectivity index (χ0v) is 12.4. The molecule has 0 unspecified atom stereocenters. The van der Waals surface area contributed by atoms with Gasteiger partial charge in [-0.15, -0.1) is 0 Å². The second-order valence-corrected chi connectivity index (χ2v) is 5.00. The van der Waals surface area contributed by atoms with E-state index in [1.165, 1.54) is 5.56 Å². The lowest BCUT2D eigenvalue weighted by atomic mass is 10.1. The number of hydrogen-bond acceptors (Lipinski definition) is 3. The molecule has 106 valence electrons. The number of benzene rings is 2. The van der Waals surface area contributed by atoms with Crippen LogP contribution in [-0.2, 0) is 13.2 Å². The lowest BCUT2D eigenvalue weighted by Crippen LogP contribution is -2.01. The van der Waals surface area contributed by atoms with Gasteiger partial charge in [0.1, 0.15) is 6.61 Å². The number of methoxy groups -OCH3 is 1. The van der Waals surface area contributed by atoms with Gasteiger partial charge < -0.3 is 15.2 Å². The van der Waals surface area contributed by atoms with Crippen LogP contribution in [0.3, 0.4) is 0 Å². The van der Waals surface area contributed by atoms with Crippen molar-refractivity contribution in [1.82, 2.24) is 0 Å². The topological polar surface area (TPSA) is 44.5 Å². The fraction of sp³-hybridized carbons (Fsp3) is 0.250. The van der Waals surface area contributed by atoms with Gasteiger partial charge in [-0.25, -0.2) is 0 Å². The van der Waals surface area contributed by atoms with Crippen LogP contribution in [0.4, 0.5) is 0 Å². The first kappa shape index (κ1) is 14.7. The zero-order valence-electron chi connectivity index (χ0n) is 11.7. The molecule has 0 aromatic heterocycles. The van der Waals surface area contributed by atoms with Crippen molar-refractivity contribution in [2.75, 3.05) is 7.11 Å². The lowest BCUT2D eigenvalue weighted by Gasteiger charge is -2.14. The van der Waals surface area contributed by atoms with E-state index >= 15 is 0 Å². The molecule has 0 saturated carbocycles. The maximum Gasteiger partial charge on any atom is 0.180 e. The minimum absolute atomic E-state index is 0.411.